The Hall–Kier alpha value is -2.20. The standard InChI is InChI=1S/C20H23N3O2S/c1-16-13-22(26(24,25)20-11-7-6-10-19(20)12-21)14-17(2)23(16)15-18-8-4-3-5-9-18/h3-11,16-17H,13-15H2,1-2H3. The highest BCUT2D eigenvalue weighted by Gasteiger charge is 2.36. The number of rotatable bonds is 4. The first-order valence-corrected chi connectivity index (χ1v) is 10.2. The van der Waals surface area contributed by atoms with Crippen molar-refractivity contribution in [1.82, 2.24) is 9.21 Å². The van der Waals surface area contributed by atoms with Crippen molar-refractivity contribution < 1.29 is 8.42 Å². The molecule has 0 radical (unpaired) electrons. The van der Waals surface area contributed by atoms with Gasteiger partial charge in [-0.25, -0.2) is 8.42 Å². The first kappa shape index (κ1) is 18.6. The van der Waals surface area contributed by atoms with Gasteiger partial charge in [0.15, 0.2) is 0 Å². The van der Waals surface area contributed by atoms with Gasteiger partial charge >= 0.3 is 0 Å². The lowest BCUT2D eigenvalue weighted by atomic mass is 10.1. The topological polar surface area (TPSA) is 64.4 Å². The third kappa shape index (κ3) is 3.65. The molecule has 0 N–H and O–H groups in total. The number of hydrogen-bond donors (Lipinski definition) is 0. The first-order chi connectivity index (χ1) is 12.4. The lowest BCUT2D eigenvalue weighted by molar-refractivity contribution is 0.0699. The van der Waals surface area contributed by atoms with Crippen molar-refractivity contribution >= 4 is 10.0 Å². The number of nitriles is 1. The number of sulfonamides is 1. The summed E-state index contributed by atoms with van der Waals surface area (Å²) in [5.41, 5.74) is 1.41. The molecule has 2 aromatic carbocycles. The van der Waals surface area contributed by atoms with Crippen LogP contribution in [-0.2, 0) is 16.6 Å². The predicted molar refractivity (Wildman–Crippen MR) is 101 cm³/mol. The van der Waals surface area contributed by atoms with E-state index in [0.717, 1.165) is 6.54 Å². The van der Waals surface area contributed by atoms with Gasteiger partial charge in [-0.3, -0.25) is 4.90 Å². The van der Waals surface area contributed by atoms with Crippen molar-refractivity contribution in [3.05, 3.63) is 65.7 Å². The van der Waals surface area contributed by atoms with E-state index in [-0.39, 0.29) is 22.5 Å². The van der Waals surface area contributed by atoms with Crippen LogP contribution in [0.1, 0.15) is 25.0 Å². The largest absolute Gasteiger partial charge is 0.291 e. The molecule has 26 heavy (non-hydrogen) atoms. The maximum atomic E-state index is 13.1. The molecule has 2 atom stereocenters. The molecular formula is C20H23N3O2S. The van der Waals surface area contributed by atoms with Gasteiger partial charge in [-0.2, -0.15) is 9.57 Å². The first-order valence-electron chi connectivity index (χ1n) is 8.72. The molecule has 1 heterocycles. The van der Waals surface area contributed by atoms with E-state index in [1.165, 1.54) is 15.9 Å². The van der Waals surface area contributed by atoms with Gasteiger partial charge in [-0.15, -0.1) is 0 Å². The summed E-state index contributed by atoms with van der Waals surface area (Å²) < 4.78 is 27.7. The highest BCUT2D eigenvalue weighted by Crippen LogP contribution is 2.26. The average molecular weight is 369 g/mol. The average Bonchev–Trinajstić information content (AvgIpc) is 2.65. The van der Waals surface area contributed by atoms with E-state index in [0.29, 0.717) is 13.1 Å². The molecule has 2 aromatic rings. The molecule has 0 aromatic heterocycles. The van der Waals surface area contributed by atoms with Gasteiger partial charge in [0, 0.05) is 31.7 Å². The summed E-state index contributed by atoms with van der Waals surface area (Å²) in [6.45, 7) is 5.74. The lowest BCUT2D eigenvalue weighted by Gasteiger charge is -2.43. The van der Waals surface area contributed by atoms with E-state index in [4.69, 9.17) is 0 Å². The van der Waals surface area contributed by atoms with Crippen molar-refractivity contribution in [3.63, 3.8) is 0 Å². The zero-order valence-electron chi connectivity index (χ0n) is 15.0. The van der Waals surface area contributed by atoms with E-state index < -0.39 is 10.0 Å². The van der Waals surface area contributed by atoms with Gasteiger partial charge in [-0.1, -0.05) is 42.5 Å². The van der Waals surface area contributed by atoms with E-state index in [1.54, 1.807) is 18.2 Å². The number of benzene rings is 2. The van der Waals surface area contributed by atoms with Crippen LogP contribution in [0.4, 0.5) is 0 Å². The van der Waals surface area contributed by atoms with Crippen LogP contribution >= 0.6 is 0 Å². The predicted octanol–water partition coefficient (Wildman–Crippen LogP) is 2.84. The molecule has 1 aliphatic heterocycles. The molecule has 1 saturated heterocycles. The quantitative estimate of drug-likeness (QED) is 0.831. The van der Waals surface area contributed by atoms with Crippen LogP contribution in [0.5, 0.6) is 0 Å². The van der Waals surface area contributed by atoms with Crippen molar-refractivity contribution in [2.45, 2.75) is 37.4 Å². The van der Waals surface area contributed by atoms with Crippen LogP contribution in [0, 0.1) is 11.3 Å². The maximum Gasteiger partial charge on any atom is 0.244 e. The minimum Gasteiger partial charge on any atom is -0.291 e. The minimum atomic E-state index is -3.68. The van der Waals surface area contributed by atoms with Crippen molar-refractivity contribution in [3.8, 4) is 6.07 Å². The van der Waals surface area contributed by atoms with E-state index in [2.05, 4.69) is 30.9 Å². The second-order valence-corrected chi connectivity index (χ2v) is 8.69. The molecule has 0 bridgehead atoms. The molecule has 0 amide bonds. The lowest BCUT2D eigenvalue weighted by Crippen LogP contribution is -2.57. The Morgan fingerprint density at radius 1 is 1.00 bits per heavy atom. The van der Waals surface area contributed by atoms with E-state index >= 15 is 0 Å². The van der Waals surface area contributed by atoms with Crippen LogP contribution in [0.15, 0.2) is 59.5 Å². The smallest absolute Gasteiger partial charge is 0.244 e. The summed E-state index contributed by atoms with van der Waals surface area (Å²) >= 11 is 0. The highest BCUT2D eigenvalue weighted by molar-refractivity contribution is 7.89. The van der Waals surface area contributed by atoms with Gasteiger partial charge in [0.05, 0.1) is 10.5 Å². The molecule has 3 rings (SSSR count). The third-order valence-electron chi connectivity index (χ3n) is 4.90. The second kappa shape index (κ2) is 7.58. The summed E-state index contributed by atoms with van der Waals surface area (Å²) in [5, 5.41) is 9.25. The van der Waals surface area contributed by atoms with Crippen LogP contribution < -0.4 is 0 Å². The Morgan fingerprint density at radius 2 is 1.58 bits per heavy atom. The fraction of sp³-hybridized carbons (Fsp3) is 0.350. The molecule has 0 spiro atoms. The Balaban J connectivity index is 1.81. The summed E-state index contributed by atoms with van der Waals surface area (Å²) in [4.78, 5) is 2.43. The zero-order chi connectivity index (χ0) is 18.7. The fourth-order valence-corrected chi connectivity index (χ4v) is 5.28. The molecule has 136 valence electrons. The fourth-order valence-electron chi connectivity index (χ4n) is 3.53. The van der Waals surface area contributed by atoms with Gasteiger partial charge in [0.1, 0.15) is 6.07 Å². The van der Waals surface area contributed by atoms with Crippen LogP contribution in [0.25, 0.3) is 0 Å². The Labute approximate surface area is 155 Å². The number of hydrogen-bond acceptors (Lipinski definition) is 4. The summed E-state index contributed by atoms with van der Waals surface area (Å²) in [7, 11) is -3.68. The molecular weight excluding hydrogens is 346 g/mol. The van der Waals surface area contributed by atoms with Gasteiger partial charge in [-0.05, 0) is 31.5 Å². The third-order valence-corrected chi connectivity index (χ3v) is 6.79. The maximum absolute atomic E-state index is 13.1. The molecule has 0 aliphatic carbocycles. The molecule has 1 aliphatic rings. The van der Waals surface area contributed by atoms with Crippen LogP contribution in [-0.4, -0.2) is 42.8 Å². The molecule has 1 fully saturated rings. The van der Waals surface area contributed by atoms with Crippen molar-refractivity contribution in [2.75, 3.05) is 13.1 Å². The molecule has 6 heteroatoms. The minimum absolute atomic E-state index is 0.0861. The van der Waals surface area contributed by atoms with Crippen molar-refractivity contribution in [2.24, 2.45) is 0 Å². The molecule has 2 unspecified atom stereocenters. The Kier molecular flexibility index (Phi) is 5.42. The van der Waals surface area contributed by atoms with Crippen LogP contribution in [0.3, 0.4) is 0 Å². The Morgan fingerprint density at radius 3 is 2.19 bits per heavy atom. The SMILES string of the molecule is CC1CN(S(=O)(=O)c2ccccc2C#N)CC(C)N1Cc1ccccc1. The summed E-state index contributed by atoms with van der Waals surface area (Å²) in [6, 6.07) is 18.8. The van der Waals surface area contributed by atoms with Crippen LogP contribution in [0.2, 0.25) is 0 Å². The molecule has 0 saturated carbocycles. The summed E-state index contributed by atoms with van der Waals surface area (Å²) in [5.74, 6) is 0. The van der Waals surface area contributed by atoms with Crippen molar-refractivity contribution in [1.29, 1.82) is 5.26 Å². The zero-order valence-corrected chi connectivity index (χ0v) is 15.9. The number of nitrogens with zero attached hydrogens (tertiary/aromatic N) is 3. The van der Waals surface area contributed by atoms with E-state index in [9.17, 15) is 13.7 Å². The number of piperazine rings is 1. The monoisotopic (exact) mass is 369 g/mol. The second-order valence-electron chi connectivity index (χ2n) is 6.79. The Bertz CT molecular complexity index is 894. The summed E-state index contributed by atoms with van der Waals surface area (Å²) in [6.07, 6.45) is 0. The highest BCUT2D eigenvalue weighted by atomic mass is 32.2. The van der Waals surface area contributed by atoms with Gasteiger partial charge in [0.2, 0.25) is 10.0 Å². The molecule has 5 nitrogen and oxygen atoms in total. The van der Waals surface area contributed by atoms with E-state index in [1.807, 2.05) is 24.3 Å². The van der Waals surface area contributed by atoms with Gasteiger partial charge in [0.25, 0.3) is 0 Å². The van der Waals surface area contributed by atoms with Gasteiger partial charge < -0.3 is 0 Å². The normalized spacial score (nSPS) is 22.0.